The number of aromatic nitrogens is 2. The minimum atomic E-state index is -1.14. The monoisotopic (exact) mass is 356 g/mol. The van der Waals surface area contributed by atoms with Crippen molar-refractivity contribution < 1.29 is 24.8 Å². The van der Waals surface area contributed by atoms with E-state index >= 15 is 0 Å². The van der Waals surface area contributed by atoms with E-state index in [-0.39, 0.29) is 6.61 Å². The maximum absolute atomic E-state index is 10.2. The lowest BCUT2D eigenvalue weighted by Crippen LogP contribution is -2.33. The standard InChI is InChI=1S/C19H20N2O5/c1-25-15-5-3-2-4-12(15)11-6-7-14-13(8-11)20-10-21(14)19-18(24)17(23)16(9-22)26-19/h2-8,10,16-19,22-24H,9H2,1H3/t16-,17-,18-,19-/m1/s1. The first-order valence-electron chi connectivity index (χ1n) is 8.36. The smallest absolute Gasteiger partial charge is 0.164 e. The normalized spacial score (nSPS) is 25.7. The molecule has 0 amide bonds. The van der Waals surface area contributed by atoms with Crippen LogP contribution in [0.4, 0.5) is 0 Å². The van der Waals surface area contributed by atoms with Crippen molar-refractivity contribution in [2.75, 3.05) is 13.7 Å². The SMILES string of the molecule is COc1ccccc1-c1ccc2c(c1)ncn2[C@@H]1O[C@H](CO)[C@@H](O)[C@H]1O. The molecule has 3 aromatic rings. The minimum absolute atomic E-state index is 0.362. The van der Waals surface area contributed by atoms with Gasteiger partial charge >= 0.3 is 0 Å². The molecular weight excluding hydrogens is 336 g/mol. The largest absolute Gasteiger partial charge is 0.496 e. The lowest BCUT2D eigenvalue weighted by Gasteiger charge is -2.17. The Morgan fingerprint density at radius 3 is 2.69 bits per heavy atom. The zero-order valence-corrected chi connectivity index (χ0v) is 14.2. The summed E-state index contributed by atoms with van der Waals surface area (Å²) < 4.78 is 12.7. The van der Waals surface area contributed by atoms with Crippen LogP contribution in [0.1, 0.15) is 6.23 Å². The molecule has 0 saturated carbocycles. The first-order valence-corrected chi connectivity index (χ1v) is 8.36. The molecule has 7 nitrogen and oxygen atoms in total. The van der Waals surface area contributed by atoms with Crippen LogP contribution in [-0.4, -0.2) is 56.9 Å². The number of aliphatic hydroxyl groups is 3. The Kier molecular flexibility index (Phi) is 4.37. The van der Waals surface area contributed by atoms with Crippen molar-refractivity contribution in [1.82, 2.24) is 9.55 Å². The Hall–Kier alpha value is -2.45. The average Bonchev–Trinajstić information content (AvgIpc) is 3.22. The average molecular weight is 356 g/mol. The molecule has 0 bridgehead atoms. The van der Waals surface area contributed by atoms with E-state index in [1.54, 1.807) is 18.0 Å². The summed E-state index contributed by atoms with van der Waals surface area (Å²) in [7, 11) is 1.63. The Morgan fingerprint density at radius 1 is 1.15 bits per heavy atom. The van der Waals surface area contributed by atoms with Gasteiger partial charge in [0.1, 0.15) is 24.1 Å². The van der Waals surface area contributed by atoms with Crippen LogP contribution in [0.3, 0.4) is 0 Å². The molecule has 0 aliphatic carbocycles. The fourth-order valence-electron chi connectivity index (χ4n) is 3.40. The van der Waals surface area contributed by atoms with E-state index in [9.17, 15) is 15.3 Å². The second-order valence-electron chi connectivity index (χ2n) is 6.28. The maximum atomic E-state index is 10.2. The third kappa shape index (κ3) is 2.65. The van der Waals surface area contributed by atoms with E-state index in [4.69, 9.17) is 9.47 Å². The van der Waals surface area contributed by atoms with E-state index < -0.39 is 24.5 Å². The third-order valence-electron chi connectivity index (χ3n) is 4.78. The predicted molar refractivity (Wildman–Crippen MR) is 94.7 cm³/mol. The molecule has 1 fully saturated rings. The lowest BCUT2D eigenvalue weighted by atomic mass is 10.0. The van der Waals surface area contributed by atoms with Crippen molar-refractivity contribution >= 4 is 11.0 Å². The zero-order chi connectivity index (χ0) is 18.3. The second kappa shape index (κ2) is 6.69. The van der Waals surface area contributed by atoms with Crippen molar-refractivity contribution in [3.05, 3.63) is 48.8 Å². The Balaban J connectivity index is 1.73. The van der Waals surface area contributed by atoms with Crippen LogP contribution in [-0.2, 0) is 4.74 Å². The second-order valence-corrected chi connectivity index (χ2v) is 6.28. The molecule has 1 aromatic heterocycles. The number of aliphatic hydroxyl groups excluding tert-OH is 3. The summed E-state index contributed by atoms with van der Waals surface area (Å²) in [6.45, 7) is -0.362. The van der Waals surface area contributed by atoms with Gasteiger partial charge in [-0.3, -0.25) is 0 Å². The van der Waals surface area contributed by atoms with Gasteiger partial charge in [-0.2, -0.15) is 0 Å². The topological polar surface area (TPSA) is 97.0 Å². The molecule has 0 radical (unpaired) electrons. The molecule has 1 saturated heterocycles. The van der Waals surface area contributed by atoms with Gasteiger partial charge < -0.3 is 29.4 Å². The van der Waals surface area contributed by atoms with Gasteiger partial charge in [-0.1, -0.05) is 24.3 Å². The molecule has 3 N–H and O–H groups in total. The minimum Gasteiger partial charge on any atom is -0.496 e. The first-order chi connectivity index (χ1) is 12.6. The van der Waals surface area contributed by atoms with Crippen molar-refractivity contribution in [3.8, 4) is 16.9 Å². The van der Waals surface area contributed by atoms with Crippen LogP contribution in [0.5, 0.6) is 5.75 Å². The quantitative estimate of drug-likeness (QED) is 0.652. The number of para-hydroxylation sites is 1. The van der Waals surface area contributed by atoms with Crippen LogP contribution in [0.15, 0.2) is 48.8 Å². The number of ether oxygens (including phenoxy) is 2. The lowest BCUT2D eigenvalue weighted by molar-refractivity contribution is -0.0508. The summed E-state index contributed by atoms with van der Waals surface area (Å²) in [5.41, 5.74) is 3.41. The van der Waals surface area contributed by atoms with E-state index in [1.165, 1.54) is 0 Å². The summed E-state index contributed by atoms with van der Waals surface area (Å²) in [5, 5.41) is 29.5. The molecule has 1 aliphatic heterocycles. The molecule has 2 heterocycles. The fraction of sp³-hybridized carbons (Fsp3) is 0.316. The van der Waals surface area contributed by atoms with Crippen molar-refractivity contribution in [2.45, 2.75) is 24.5 Å². The molecule has 136 valence electrons. The van der Waals surface area contributed by atoms with Crippen molar-refractivity contribution in [1.29, 1.82) is 0 Å². The van der Waals surface area contributed by atoms with Gasteiger partial charge in [0.25, 0.3) is 0 Å². The number of imidazole rings is 1. The third-order valence-corrected chi connectivity index (χ3v) is 4.78. The van der Waals surface area contributed by atoms with Gasteiger partial charge in [0.15, 0.2) is 6.23 Å². The Morgan fingerprint density at radius 2 is 1.96 bits per heavy atom. The van der Waals surface area contributed by atoms with Crippen molar-refractivity contribution in [2.24, 2.45) is 0 Å². The number of rotatable bonds is 4. The molecule has 0 unspecified atom stereocenters. The van der Waals surface area contributed by atoms with E-state index in [2.05, 4.69) is 4.98 Å². The van der Waals surface area contributed by atoms with E-state index in [0.717, 1.165) is 27.9 Å². The summed E-state index contributed by atoms with van der Waals surface area (Å²) in [6.07, 6.45) is -2.34. The number of nitrogens with zero attached hydrogens (tertiary/aromatic N) is 2. The number of fused-ring (bicyclic) bond motifs is 1. The molecule has 7 heteroatoms. The van der Waals surface area contributed by atoms with Crippen LogP contribution in [0.25, 0.3) is 22.2 Å². The van der Waals surface area contributed by atoms with Gasteiger partial charge in [0.05, 0.1) is 31.1 Å². The number of hydrogen-bond donors (Lipinski definition) is 3. The molecule has 2 aromatic carbocycles. The van der Waals surface area contributed by atoms with Gasteiger partial charge in [-0.05, 0) is 23.8 Å². The van der Waals surface area contributed by atoms with Gasteiger partial charge in [-0.15, -0.1) is 0 Å². The molecule has 0 spiro atoms. The van der Waals surface area contributed by atoms with Gasteiger partial charge in [0, 0.05) is 5.56 Å². The highest BCUT2D eigenvalue weighted by Gasteiger charge is 2.43. The number of methoxy groups -OCH3 is 1. The maximum Gasteiger partial charge on any atom is 0.164 e. The highest BCUT2D eigenvalue weighted by molar-refractivity contribution is 5.83. The van der Waals surface area contributed by atoms with Crippen LogP contribution in [0.2, 0.25) is 0 Å². The molecular formula is C19H20N2O5. The molecule has 26 heavy (non-hydrogen) atoms. The Bertz CT molecular complexity index is 925. The molecule has 1 aliphatic rings. The highest BCUT2D eigenvalue weighted by atomic mass is 16.6. The first kappa shape index (κ1) is 17.0. The number of hydrogen-bond acceptors (Lipinski definition) is 6. The zero-order valence-electron chi connectivity index (χ0n) is 14.2. The summed E-state index contributed by atoms with van der Waals surface area (Å²) in [4.78, 5) is 4.40. The summed E-state index contributed by atoms with van der Waals surface area (Å²) >= 11 is 0. The predicted octanol–water partition coefficient (Wildman–Crippen LogP) is 1.32. The van der Waals surface area contributed by atoms with Gasteiger partial charge in [0.2, 0.25) is 0 Å². The summed E-state index contributed by atoms with van der Waals surface area (Å²) in [5.74, 6) is 0.773. The van der Waals surface area contributed by atoms with Crippen LogP contribution >= 0.6 is 0 Å². The van der Waals surface area contributed by atoms with Crippen LogP contribution < -0.4 is 4.74 Å². The highest BCUT2D eigenvalue weighted by Crippen LogP contribution is 2.34. The van der Waals surface area contributed by atoms with E-state index in [1.807, 2.05) is 42.5 Å². The van der Waals surface area contributed by atoms with E-state index in [0.29, 0.717) is 0 Å². The van der Waals surface area contributed by atoms with Crippen LogP contribution in [0, 0.1) is 0 Å². The van der Waals surface area contributed by atoms with Crippen molar-refractivity contribution in [3.63, 3.8) is 0 Å². The fourth-order valence-corrected chi connectivity index (χ4v) is 3.40. The number of benzene rings is 2. The molecule has 4 atom stereocenters. The summed E-state index contributed by atoms with van der Waals surface area (Å²) in [6, 6.07) is 13.5. The van der Waals surface area contributed by atoms with Gasteiger partial charge in [-0.25, -0.2) is 4.98 Å². The molecule has 4 rings (SSSR count). The Labute approximate surface area is 150 Å².